The second-order valence-electron chi connectivity index (χ2n) is 6.27. The number of fused-ring (bicyclic) bond motifs is 3. The van der Waals surface area contributed by atoms with Gasteiger partial charge in [-0.3, -0.25) is 4.72 Å². The van der Waals surface area contributed by atoms with Gasteiger partial charge in [-0.05, 0) is 36.1 Å². The van der Waals surface area contributed by atoms with Crippen LogP contribution in [0.5, 0.6) is 5.75 Å². The minimum atomic E-state index is -4.23. The Hall–Kier alpha value is -2.16. The molecule has 8 heteroatoms. The topological polar surface area (TPSA) is 95.9 Å². The van der Waals surface area contributed by atoms with E-state index in [1.807, 2.05) is 0 Å². The highest BCUT2D eigenvalue weighted by Crippen LogP contribution is 2.56. The van der Waals surface area contributed by atoms with Crippen LogP contribution in [0.2, 0.25) is 0 Å². The first kappa shape index (κ1) is 16.3. The monoisotopic (exact) mass is 365 g/mol. The lowest BCUT2D eigenvalue weighted by molar-refractivity contribution is -0.0438. The van der Waals surface area contributed by atoms with Gasteiger partial charge in [0.1, 0.15) is 16.5 Å². The normalized spacial score (nSPS) is 21.3. The summed E-state index contributed by atoms with van der Waals surface area (Å²) < 4.78 is 46.7. The predicted molar refractivity (Wildman–Crippen MR) is 87.2 cm³/mol. The largest absolute Gasteiger partial charge is 0.492 e. The molecule has 0 saturated heterocycles. The fourth-order valence-electron chi connectivity index (χ4n) is 3.28. The number of sulfonamides is 1. The summed E-state index contributed by atoms with van der Waals surface area (Å²) in [6.07, 6.45) is -0.961. The number of halogens is 1. The van der Waals surface area contributed by atoms with Crippen molar-refractivity contribution in [2.45, 2.75) is 23.5 Å². The summed E-state index contributed by atoms with van der Waals surface area (Å²) in [6, 6.07) is 8.13. The van der Waals surface area contributed by atoms with Gasteiger partial charge in [-0.15, -0.1) is 0 Å². The summed E-state index contributed by atoms with van der Waals surface area (Å²) in [4.78, 5) is -0.519. The quantitative estimate of drug-likeness (QED) is 0.721. The zero-order chi connectivity index (χ0) is 17.8. The van der Waals surface area contributed by atoms with Gasteiger partial charge >= 0.3 is 0 Å². The lowest BCUT2D eigenvalue weighted by atomic mass is 10.00. The standard InChI is InChI=1S/C17H16FNO5S/c18-12-3-1-2-4-14(12)25(22,23)19-13-6-5-10-11-7-9(11)8-24-16(10)15(13)17(20)21/h1-6,9,11,17,19-21H,7-8H2. The summed E-state index contributed by atoms with van der Waals surface area (Å²) in [5.41, 5.74) is 0.743. The van der Waals surface area contributed by atoms with E-state index in [2.05, 4.69) is 4.72 Å². The third-order valence-corrected chi connectivity index (χ3v) is 6.02. The fraction of sp³-hybridized carbons (Fsp3) is 0.294. The molecule has 25 heavy (non-hydrogen) atoms. The molecule has 0 aromatic heterocycles. The molecule has 1 saturated carbocycles. The first-order valence-electron chi connectivity index (χ1n) is 7.81. The van der Waals surface area contributed by atoms with Crippen LogP contribution in [0.3, 0.4) is 0 Å². The minimum absolute atomic E-state index is 0.0453. The molecule has 0 amide bonds. The van der Waals surface area contributed by atoms with Crippen molar-refractivity contribution >= 4 is 15.7 Å². The number of anilines is 1. The van der Waals surface area contributed by atoms with E-state index in [1.165, 1.54) is 18.2 Å². The number of hydrogen-bond donors (Lipinski definition) is 3. The molecule has 2 aromatic rings. The fourth-order valence-corrected chi connectivity index (χ4v) is 4.44. The summed E-state index contributed by atoms with van der Waals surface area (Å²) in [5.74, 6) is 0.134. The number of aliphatic hydroxyl groups is 2. The van der Waals surface area contributed by atoms with Crippen LogP contribution in [0.15, 0.2) is 41.3 Å². The number of aliphatic hydroxyl groups excluding tert-OH is 1. The lowest BCUT2D eigenvalue weighted by Gasteiger charge is -2.23. The molecule has 0 bridgehead atoms. The van der Waals surface area contributed by atoms with Crippen LogP contribution in [-0.4, -0.2) is 25.2 Å². The van der Waals surface area contributed by atoms with E-state index in [0.29, 0.717) is 24.2 Å². The molecule has 2 atom stereocenters. The van der Waals surface area contributed by atoms with Crippen molar-refractivity contribution in [2.75, 3.05) is 11.3 Å². The molecular weight excluding hydrogens is 349 g/mol. The summed E-state index contributed by atoms with van der Waals surface area (Å²) >= 11 is 0. The van der Waals surface area contributed by atoms with Crippen molar-refractivity contribution in [1.29, 1.82) is 0 Å². The SMILES string of the molecule is O=S(=O)(Nc1ccc2c(c1C(O)O)OCC1CC21)c1ccccc1F. The van der Waals surface area contributed by atoms with E-state index >= 15 is 0 Å². The van der Waals surface area contributed by atoms with Gasteiger partial charge in [-0.1, -0.05) is 18.2 Å². The van der Waals surface area contributed by atoms with E-state index in [0.717, 1.165) is 24.1 Å². The van der Waals surface area contributed by atoms with Gasteiger partial charge in [0.15, 0.2) is 6.29 Å². The van der Waals surface area contributed by atoms with Gasteiger partial charge in [0, 0.05) is 5.92 Å². The van der Waals surface area contributed by atoms with Crippen molar-refractivity contribution in [1.82, 2.24) is 0 Å². The third-order valence-electron chi connectivity index (χ3n) is 4.62. The van der Waals surface area contributed by atoms with Gasteiger partial charge < -0.3 is 14.9 Å². The van der Waals surface area contributed by atoms with Crippen LogP contribution in [0, 0.1) is 11.7 Å². The first-order valence-corrected chi connectivity index (χ1v) is 9.30. The Morgan fingerprint density at radius 2 is 1.96 bits per heavy atom. The van der Waals surface area contributed by atoms with E-state index < -0.39 is 27.0 Å². The molecule has 6 nitrogen and oxygen atoms in total. The van der Waals surface area contributed by atoms with Gasteiger partial charge in [0.2, 0.25) is 0 Å². The van der Waals surface area contributed by atoms with Gasteiger partial charge in [0.05, 0.1) is 17.9 Å². The highest BCUT2D eigenvalue weighted by atomic mass is 32.2. The molecule has 1 aliphatic heterocycles. The van der Waals surface area contributed by atoms with Crippen LogP contribution < -0.4 is 9.46 Å². The van der Waals surface area contributed by atoms with Crippen molar-refractivity contribution in [2.24, 2.45) is 5.92 Å². The number of hydrogen-bond acceptors (Lipinski definition) is 5. The van der Waals surface area contributed by atoms with Gasteiger partial charge in [0.25, 0.3) is 10.0 Å². The van der Waals surface area contributed by atoms with E-state index in [-0.39, 0.29) is 11.3 Å². The molecule has 1 heterocycles. The third kappa shape index (κ3) is 2.76. The zero-order valence-corrected chi connectivity index (χ0v) is 13.8. The van der Waals surface area contributed by atoms with Crippen molar-refractivity contribution in [3.8, 4) is 5.75 Å². The first-order chi connectivity index (χ1) is 11.9. The Kier molecular flexibility index (Phi) is 3.71. The van der Waals surface area contributed by atoms with Gasteiger partial charge in [-0.2, -0.15) is 0 Å². The number of ether oxygens (including phenoxy) is 1. The molecule has 4 rings (SSSR count). The molecule has 1 fully saturated rings. The molecule has 2 unspecified atom stereocenters. The van der Waals surface area contributed by atoms with E-state index in [9.17, 15) is 23.0 Å². The summed E-state index contributed by atoms with van der Waals surface area (Å²) in [6.45, 7) is 0.459. The molecule has 3 N–H and O–H groups in total. The molecule has 0 radical (unpaired) electrons. The summed E-state index contributed by atoms with van der Waals surface area (Å²) in [5, 5.41) is 19.5. The van der Waals surface area contributed by atoms with E-state index in [1.54, 1.807) is 6.07 Å². The molecule has 2 aromatic carbocycles. The summed E-state index contributed by atoms with van der Waals surface area (Å²) in [7, 11) is -4.23. The number of benzene rings is 2. The molecule has 2 aliphatic rings. The van der Waals surface area contributed by atoms with Crippen molar-refractivity contribution in [3.63, 3.8) is 0 Å². The maximum Gasteiger partial charge on any atom is 0.264 e. The van der Waals surface area contributed by atoms with Crippen molar-refractivity contribution in [3.05, 3.63) is 53.3 Å². The number of rotatable bonds is 4. The Morgan fingerprint density at radius 3 is 2.68 bits per heavy atom. The Bertz CT molecular complexity index is 944. The second kappa shape index (κ2) is 5.69. The smallest absolute Gasteiger partial charge is 0.264 e. The molecular formula is C17H16FNO5S. The predicted octanol–water partition coefficient (Wildman–Crippen LogP) is 2.11. The zero-order valence-electron chi connectivity index (χ0n) is 13.0. The highest BCUT2D eigenvalue weighted by Gasteiger charge is 2.45. The van der Waals surface area contributed by atoms with Gasteiger partial charge in [-0.25, -0.2) is 12.8 Å². The average molecular weight is 365 g/mol. The maximum absolute atomic E-state index is 13.8. The lowest BCUT2D eigenvalue weighted by Crippen LogP contribution is -2.19. The number of nitrogens with one attached hydrogen (secondary N) is 1. The second-order valence-corrected chi connectivity index (χ2v) is 7.92. The molecule has 1 aliphatic carbocycles. The Morgan fingerprint density at radius 1 is 1.20 bits per heavy atom. The van der Waals surface area contributed by atoms with Crippen LogP contribution >= 0.6 is 0 Å². The van der Waals surface area contributed by atoms with Crippen LogP contribution in [0.4, 0.5) is 10.1 Å². The highest BCUT2D eigenvalue weighted by molar-refractivity contribution is 7.92. The molecule has 0 spiro atoms. The Labute approximate surface area is 143 Å². The average Bonchev–Trinajstić information content (AvgIpc) is 3.33. The van der Waals surface area contributed by atoms with Crippen LogP contribution in [0.25, 0.3) is 0 Å². The maximum atomic E-state index is 13.8. The van der Waals surface area contributed by atoms with E-state index in [4.69, 9.17) is 4.74 Å². The Balaban J connectivity index is 1.77. The van der Waals surface area contributed by atoms with Crippen LogP contribution in [0.1, 0.15) is 29.8 Å². The van der Waals surface area contributed by atoms with Crippen LogP contribution in [-0.2, 0) is 10.0 Å². The minimum Gasteiger partial charge on any atom is -0.492 e. The van der Waals surface area contributed by atoms with Crippen molar-refractivity contribution < 1.29 is 27.8 Å². The molecule has 132 valence electrons.